The quantitative estimate of drug-likeness (QED) is 0.872. The Morgan fingerprint density at radius 1 is 1.60 bits per heavy atom. The summed E-state index contributed by atoms with van der Waals surface area (Å²) < 4.78 is 1.07. The molecule has 4 heteroatoms. The van der Waals surface area contributed by atoms with Crippen molar-refractivity contribution in [3.05, 3.63) is 20.8 Å². The van der Waals surface area contributed by atoms with Crippen molar-refractivity contribution in [2.24, 2.45) is 0 Å². The van der Waals surface area contributed by atoms with E-state index < -0.39 is 0 Å². The van der Waals surface area contributed by atoms with Gasteiger partial charge in [-0.15, -0.1) is 11.3 Å². The SMILES string of the molecule is CC(C)NCCC(=O)Cc1cc(Br)cs1. The van der Waals surface area contributed by atoms with Gasteiger partial charge in [-0.2, -0.15) is 0 Å². The van der Waals surface area contributed by atoms with Gasteiger partial charge in [0.25, 0.3) is 0 Å². The molecule has 1 aromatic rings. The number of ketones is 1. The number of hydrogen-bond donors (Lipinski definition) is 1. The van der Waals surface area contributed by atoms with Crippen LogP contribution in [0.1, 0.15) is 25.1 Å². The summed E-state index contributed by atoms with van der Waals surface area (Å²) >= 11 is 5.01. The molecule has 0 spiro atoms. The summed E-state index contributed by atoms with van der Waals surface area (Å²) in [6.07, 6.45) is 1.18. The highest BCUT2D eigenvalue weighted by Crippen LogP contribution is 2.20. The van der Waals surface area contributed by atoms with Gasteiger partial charge < -0.3 is 5.32 Å². The molecular weight excluding hydrogens is 274 g/mol. The standard InChI is InChI=1S/C11H16BrNOS/c1-8(2)13-4-3-10(14)6-11-5-9(12)7-15-11/h5,7-8,13H,3-4,6H2,1-2H3. The maximum Gasteiger partial charge on any atom is 0.139 e. The van der Waals surface area contributed by atoms with Gasteiger partial charge in [-0.05, 0) is 22.0 Å². The second-order valence-corrected chi connectivity index (χ2v) is 5.72. The lowest BCUT2D eigenvalue weighted by Gasteiger charge is -2.06. The molecule has 0 aromatic carbocycles. The van der Waals surface area contributed by atoms with Crippen LogP contribution in [0.25, 0.3) is 0 Å². The van der Waals surface area contributed by atoms with Gasteiger partial charge in [-0.3, -0.25) is 4.79 Å². The van der Waals surface area contributed by atoms with Crippen molar-refractivity contribution in [3.8, 4) is 0 Å². The van der Waals surface area contributed by atoms with Gasteiger partial charge in [-0.25, -0.2) is 0 Å². The van der Waals surface area contributed by atoms with Crippen LogP contribution >= 0.6 is 27.3 Å². The van der Waals surface area contributed by atoms with Gasteiger partial charge in [0.05, 0.1) is 0 Å². The zero-order valence-electron chi connectivity index (χ0n) is 9.05. The molecule has 0 amide bonds. The molecule has 0 radical (unpaired) electrons. The van der Waals surface area contributed by atoms with Crippen molar-refractivity contribution in [2.75, 3.05) is 6.54 Å². The highest BCUT2D eigenvalue weighted by Gasteiger charge is 2.05. The Labute approximate surface area is 103 Å². The number of thiophene rings is 1. The van der Waals surface area contributed by atoms with E-state index in [2.05, 4.69) is 35.1 Å². The largest absolute Gasteiger partial charge is 0.314 e. The normalized spacial score (nSPS) is 10.9. The minimum Gasteiger partial charge on any atom is -0.314 e. The van der Waals surface area contributed by atoms with Crippen molar-refractivity contribution in [2.45, 2.75) is 32.7 Å². The first-order valence-corrected chi connectivity index (χ1v) is 6.73. The molecule has 0 aliphatic carbocycles. The van der Waals surface area contributed by atoms with Gasteiger partial charge in [0.1, 0.15) is 5.78 Å². The lowest BCUT2D eigenvalue weighted by atomic mass is 10.2. The Hall–Kier alpha value is -0.190. The maximum absolute atomic E-state index is 11.6. The number of carbonyl (C=O) groups excluding carboxylic acids is 1. The summed E-state index contributed by atoms with van der Waals surface area (Å²) in [6.45, 7) is 4.95. The summed E-state index contributed by atoms with van der Waals surface area (Å²) in [4.78, 5) is 12.7. The average molecular weight is 290 g/mol. The number of nitrogens with one attached hydrogen (secondary N) is 1. The van der Waals surface area contributed by atoms with E-state index in [0.29, 0.717) is 24.7 Å². The Kier molecular flexibility index (Phi) is 5.50. The summed E-state index contributed by atoms with van der Waals surface area (Å²) in [5.74, 6) is 0.303. The zero-order valence-corrected chi connectivity index (χ0v) is 11.5. The fourth-order valence-electron chi connectivity index (χ4n) is 1.23. The molecule has 1 N–H and O–H groups in total. The van der Waals surface area contributed by atoms with Crippen LogP contribution in [0.4, 0.5) is 0 Å². The van der Waals surface area contributed by atoms with Gasteiger partial charge >= 0.3 is 0 Å². The highest BCUT2D eigenvalue weighted by molar-refractivity contribution is 9.10. The molecule has 0 saturated heterocycles. The van der Waals surface area contributed by atoms with Gasteiger partial charge in [0.2, 0.25) is 0 Å². The summed E-state index contributed by atoms with van der Waals surface area (Å²) in [5, 5.41) is 5.25. The monoisotopic (exact) mass is 289 g/mol. The molecule has 1 heterocycles. The fraction of sp³-hybridized carbons (Fsp3) is 0.545. The van der Waals surface area contributed by atoms with Crippen LogP contribution in [0.2, 0.25) is 0 Å². The summed E-state index contributed by atoms with van der Waals surface area (Å²) in [6, 6.07) is 2.46. The van der Waals surface area contributed by atoms with Crippen LogP contribution in [0.15, 0.2) is 15.9 Å². The van der Waals surface area contributed by atoms with E-state index in [1.165, 1.54) is 0 Å². The third-order valence-electron chi connectivity index (χ3n) is 1.95. The van der Waals surface area contributed by atoms with Gasteiger partial charge in [-0.1, -0.05) is 13.8 Å². The lowest BCUT2D eigenvalue weighted by molar-refractivity contribution is -0.118. The van der Waals surface area contributed by atoms with E-state index in [-0.39, 0.29) is 0 Å². The molecule has 0 aliphatic rings. The summed E-state index contributed by atoms with van der Waals surface area (Å²) in [5.41, 5.74) is 0. The van der Waals surface area contributed by atoms with Crippen molar-refractivity contribution in [1.82, 2.24) is 5.32 Å². The molecule has 0 fully saturated rings. The Morgan fingerprint density at radius 2 is 2.33 bits per heavy atom. The van der Waals surface area contributed by atoms with E-state index in [9.17, 15) is 4.79 Å². The molecule has 0 atom stereocenters. The molecule has 2 nitrogen and oxygen atoms in total. The number of carbonyl (C=O) groups is 1. The van der Waals surface area contributed by atoms with Crippen LogP contribution in [0.5, 0.6) is 0 Å². The van der Waals surface area contributed by atoms with Gasteiger partial charge in [0.15, 0.2) is 0 Å². The predicted octanol–water partition coefficient (Wildman–Crippen LogP) is 3.01. The molecule has 15 heavy (non-hydrogen) atoms. The zero-order chi connectivity index (χ0) is 11.3. The van der Waals surface area contributed by atoms with Crippen LogP contribution in [0.3, 0.4) is 0 Å². The Balaban J connectivity index is 2.24. The molecule has 1 rings (SSSR count). The predicted molar refractivity (Wildman–Crippen MR) is 68.5 cm³/mol. The van der Waals surface area contributed by atoms with Crippen molar-refractivity contribution in [1.29, 1.82) is 0 Å². The molecule has 0 aliphatic heterocycles. The topological polar surface area (TPSA) is 29.1 Å². The second kappa shape index (κ2) is 6.40. The second-order valence-electron chi connectivity index (χ2n) is 3.81. The Morgan fingerprint density at radius 3 is 2.87 bits per heavy atom. The molecule has 84 valence electrons. The first-order valence-electron chi connectivity index (χ1n) is 5.06. The highest BCUT2D eigenvalue weighted by atomic mass is 79.9. The van der Waals surface area contributed by atoms with E-state index >= 15 is 0 Å². The first-order chi connectivity index (χ1) is 7.08. The van der Waals surface area contributed by atoms with E-state index in [4.69, 9.17) is 0 Å². The number of Topliss-reactive ketones (excluding diaryl/α,β-unsaturated/α-hetero) is 1. The summed E-state index contributed by atoms with van der Waals surface area (Å²) in [7, 11) is 0. The fourth-order valence-corrected chi connectivity index (χ4v) is 2.71. The van der Waals surface area contributed by atoms with Crippen LogP contribution in [0, 0.1) is 0 Å². The lowest BCUT2D eigenvalue weighted by Crippen LogP contribution is -2.25. The van der Waals surface area contributed by atoms with Crippen LogP contribution < -0.4 is 5.32 Å². The van der Waals surface area contributed by atoms with Crippen molar-refractivity contribution < 1.29 is 4.79 Å². The minimum absolute atomic E-state index is 0.303. The van der Waals surface area contributed by atoms with Crippen LogP contribution in [-0.2, 0) is 11.2 Å². The number of rotatable bonds is 6. The van der Waals surface area contributed by atoms with Crippen molar-refractivity contribution >= 4 is 33.0 Å². The molecule has 0 bridgehead atoms. The van der Waals surface area contributed by atoms with E-state index in [0.717, 1.165) is 15.9 Å². The minimum atomic E-state index is 0.303. The number of hydrogen-bond acceptors (Lipinski definition) is 3. The van der Waals surface area contributed by atoms with E-state index in [1.54, 1.807) is 11.3 Å². The molecule has 1 aromatic heterocycles. The van der Waals surface area contributed by atoms with Crippen LogP contribution in [-0.4, -0.2) is 18.4 Å². The van der Waals surface area contributed by atoms with E-state index in [1.807, 2.05) is 11.4 Å². The molecule has 0 saturated carbocycles. The average Bonchev–Trinajstić information content (AvgIpc) is 2.50. The van der Waals surface area contributed by atoms with Gasteiger partial charge in [0, 0.05) is 40.2 Å². The Bertz CT molecular complexity index is 322. The maximum atomic E-state index is 11.6. The first kappa shape index (κ1) is 12.9. The molecule has 0 unspecified atom stereocenters. The molecular formula is C11H16BrNOS. The smallest absolute Gasteiger partial charge is 0.139 e. The third-order valence-corrected chi connectivity index (χ3v) is 3.65. The number of halogens is 1. The van der Waals surface area contributed by atoms with Crippen molar-refractivity contribution in [3.63, 3.8) is 0 Å². The third kappa shape index (κ3) is 5.44.